The predicted molar refractivity (Wildman–Crippen MR) is 107 cm³/mol. The Morgan fingerprint density at radius 2 is 1.71 bits per heavy atom. The first-order valence-corrected chi connectivity index (χ1v) is 9.20. The van der Waals surface area contributed by atoms with Crippen LogP contribution in [-0.2, 0) is 9.59 Å². The van der Waals surface area contributed by atoms with Crippen molar-refractivity contribution in [1.29, 1.82) is 0 Å². The minimum absolute atomic E-state index is 0.0915. The Balaban J connectivity index is 1.87. The van der Waals surface area contributed by atoms with E-state index in [1.165, 1.54) is 18.2 Å². The van der Waals surface area contributed by atoms with Crippen molar-refractivity contribution in [3.63, 3.8) is 0 Å². The molecule has 2 aromatic carbocycles. The number of carbonyl (C=O) groups excluding carboxylic acids is 3. The van der Waals surface area contributed by atoms with Crippen LogP contribution in [0.3, 0.4) is 0 Å². The number of anilines is 1. The number of hydrogen-bond donors (Lipinski definition) is 1. The maximum absolute atomic E-state index is 12.8. The summed E-state index contributed by atoms with van der Waals surface area (Å²) in [6.45, 7) is 4.01. The Labute approximate surface area is 167 Å². The van der Waals surface area contributed by atoms with Crippen LogP contribution in [0.1, 0.15) is 25.8 Å². The van der Waals surface area contributed by atoms with Crippen molar-refractivity contribution in [2.75, 3.05) is 4.90 Å². The lowest BCUT2D eigenvalue weighted by atomic mass is 10.1. The number of imide groups is 2. The van der Waals surface area contributed by atoms with E-state index in [2.05, 4.69) is 5.32 Å². The minimum Gasteiger partial charge on any atom is -0.491 e. The van der Waals surface area contributed by atoms with E-state index >= 15 is 0 Å². The zero-order valence-corrected chi connectivity index (χ0v) is 16.2. The van der Waals surface area contributed by atoms with Gasteiger partial charge >= 0.3 is 6.03 Å². The molecule has 2 aromatic rings. The van der Waals surface area contributed by atoms with E-state index in [1.54, 1.807) is 36.4 Å². The Morgan fingerprint density at radius 1 is 1.07 bits per heavy atom. The van der Waals surface area contributed by atoms with Gasteiger partial charge in [-0.1, -0.05) is 30.7 Å². The molecule has 0 spiro atoms. The number of urea groups is 1. The number of carbonyl (C=O) groups is 3. The van der Waals surface area contributed by atoms with Crippen molar-refractivity contribution in [2.24, 2.45) is 0 Å². The summed E-state index contributed by atoms with van der Waals surface area (Å²) in [5.74, 6) is -0.731. The highest BCUT2D eigenvalue weighted by atomic mass is 35.5. The molecule has 3 rings (SSSR count). The molecule has 0 unspecified atom stereocenters. The van der Waals surface area contributed by atoms with E-state index < -0.39 is 17.8 Å². The van der Waals surface area contributed by atoms with E-state index in [-0.39, 0.29) is 11.7 Å². The van der Waals surface area contributed by atoms with Crippen LogP contribution in [-0.4, -0.2) is 23.9 Å². The molecule has 1 N–H and O–H groups in total. The molecule has 7 heteroatoms. The molecule has 28 heavy (non-hydrogen) atoms. The van der Waals surface area contributed by atoms with Crippen LogP contribution in [0, 0.1) is 0 Å². The molecule has 0 aliphatic carbocycles. The van der Waals surface area contributed by atoms with E-state index in [0.717, 1.165) is 11.3 Å². The molecule has 1 atom stereocenters. The van der Waals surface area contributed by atoms with Crippen LogP contribution < -0.4 is 15.0 Å². The molecule has 6 nitrogen and oxygen atoms in total. The van der Waals surface area contributed by atoms with Gasteiger partial charge in [-0.2, -0.15) is 0 Å². The fourth-order valence-corrected chi connectivity index (χ4v) is 2.73. The summed E-state index contributed by atoms with van der Waals surface area (Å²) < 4.78 is 5.72. The molecule has 0 saturated carbocycles. The fourth-order valence-electron chi connectivity index (χ4n) is 2.61. The second-order valence-electron chi connectivity index (χ2n) is 6.34. The summed E-state index contributed by atoms with van der Waals surface area (Å²) in [4.78, 5) is 38.1. The Kier molecular flexibility index (Phi) is 5.80. The van der Waals surface area contributed by atoms with Gasteiger partial charge in [-0.3, -0.25) is 14.9 Å². The van der Waals surface area contributed by atoms with Crippen molar-refractivity contribution in [2.45, 2.75) is 26.4 Å². The second-order valence-corrected chi connectivity index (χ2v) is 6.78. The quantitative estimate of drug-likeness (QED) is 0.605. The molecule has 1 aliphatic heterocycles. The Morgan fingerprint density at radius 3 is 2.32 bits per heavy atom. The van der Waals surface area contributed by atoms with Gasteiger partial charge in [-0.15, -0.1) is 0 Å². The molecule has 0 radical (unpaired) electrons. The molecule has 1 fully saturated rings. The van der Waals surface area contributed by atoms with Crippen LogP contribution in [0.5, 0.6) is 5.75 Å². The molecule has 0 aromatic heterocycles. The SMILES string of the molecule is CC[C@@H](C)Oc1ccc(/C=C2/C(=O)NC(=O)N(c3ccc(Cl)cc3)C2=O)cc1. The lowest BCUT2D eigenvalue weighted by Gasteiger charge is -2.26. The highest BCUT2D eigenvalue weighted by Crippen LogP contribution is 2.24. The lowest BCUT2D eigenvalue weighted by Crippen LogP contribution is -2.54. The van der Waals surface area contributed by atoms with Gasteiger partial charge in [0.1, 0.15) is 11.3 Å². The van der Waals surface area contributed by atoms with Crippen molar-refractivity contribution < 1.29 is 19.1 Å². The number of amides is 4. The normalized spacial score (nSPS) is 16.9. The molecule has 144 valence electrons. The fraction of sp³-hybridized carbons (Fsp3) is 0.190. The predicted octanol–water partition coefficient (Wildman–Crippen LogP) is 4.18. The van der Waals surface area contributed by atoms with Gasteiger partial charge in [-0.25, -0.2) is 9.69 Å². The number of barbiturate groups is 1. The number of rotatable bonds is 5. The highest BCUT2D eigenvalue weighted by molar-refractivity contribution is 6.39. The van der Waals surface area contributed by atoms with Crippen LogP contribution >= 0.6 is 11.6 Å². The number of nitrogens with one attached hydrogen (secondary N) is 1. The average Bonchev–Trinajstić information content (AvgIpc) is 2.67. The van der Waals surface area contributed by atoms with Crippen LogP contribution in [0.4, 0.5) is 10.5 Å². The third-order valence-corrected chi connectivity index (χ3v) is 4.54. The standard InChI is InChI=1S/C21H19ClN2O4/c1-3-13(2)28-17-10-4-14(5-11-17)12-18-19(25)23-21(27)24(20(18)26)16-8-6-15(22)7-9-16/h4-13H,3H2,1-2H3,(H,23,25,27)/b18-12-/t13-/m1/s1. The van der Waals surface area contributed by atoms with Crippen molar-refractivity contribution in [3.8, 4) is 5.75 Å². The number of benzene rings is 2. The van der Waals surface area contributed by atoms with Gasteiger partial charge in [0.15, 0.2) is 0 Å². The summed E-state index contributed by atoms with van der Waals surface area (Å²) in [6, 6.07) is 12.4. The smallest absolute Gasteiger partial charge is 0.335 e. The average molecular weight is 399 g/mol. The third kappa shape index (κ3) is 4.23. The first kappa shape index (κ1) is 19.6. The second kappa shape index (κ2) is 8.27. The maximum Gasteiger partial charge on any atom is 0.335 e. The molecular formula is C21H19ClN2O4. The first-order valence-electron chi connectivity index (χ1n) is 8.82. The Bertz CT molecular complexity index is 936. The summed E-state index contributed by atoms with van der Waals surface area (Å²) in [7, 11) is 0. The van der Waals surface area contributed by atoms with Gasteiger partial charge in [0.2, 0.25) is 0 Å². The third-order valence-electron chi connectivity index (χ3n) is 4.29. The van der Waals surface area contributed by atoms with Gasteiger partial charge in [-0.05, 0) is 61.4 Å². The summed E-state index contributed by atoms with van der Waals surface area (Å²) in [5, 5.41) is 2.66. The van der Waals surface area contributed by atoms with Crippen molar-refractivity contribution in [1.82, 2.24) is 5.32 Å². The Hall–Kier alpha value is -3.12. The topological polar surface area (TPSA) is 75.7 Å². The van der Waals surface area contributed by atoms with Crippen LogP contribution in [0.25, 0.3) is 6.08 Å². The number of nitrogens with zero attached hydrogens (tertiary/aromatic N) is 1. The maximum atomic E-state index is 12.8. The largest absolute Gasteiger partial charge is 0.491 e. The molecule has 4 amide bonds. The number of halogens is 1. The van der Waals surface area contributed by atoms with E-state index in [0.29, 0.717) is 22.0 Å². The van der Waals surface area contributed by atoms with Crippen LogP contribution in [0.15, 0.2) is 54.1 Å². The minimum atomic E-state index is -0.799. The lowest BCUT2D eigenvalue weighted by molar-refractivity contribution is -0.122. The van der Waals surface area contributed by atoms with Gasteiger partial charge in [0.25, 0.3) is 11.8 Å². The molecule has 0 bridgehead atoms. The number of hydrogen-bond acceptors (Lipinski definition) is 4. The molecule has 1 aliphatic rings. The van der Waals surface area contributed by atoms with Gasteiger partial charge < -0.3 is 4.74 Å². The number of ether oxygens (including phenoxy) is 1. The van der Waals surface area contributed by atoms with Gasteiger partial charge in [0, 0.05) is 5.02 Å². The molecule has 1 heterocycles. The summed E-state index contributed by atoms with van der Waals surface area (Å²) >= 11 is 5.86. The van der Waals surface area contributed by atoms with E-state index in [4.69, 9.17) is 16.3 Å². The summed E-state index contributed by atoms with van der Waals surface area (Å²) in [6.07, 6.45) is 2.42. The highest BCUT2D eigenvalue weighted by Gasteiger charge is 2.36. The van der Waals surface area contributed by atoms with E-state index in [1.807, 2.05) is 13.8 Å². The van der Waals surface area contributed by atoms with Gasteiger partial charge in [0.05, 0.1) is 11.8 Å². The zero-order chi connectivity index (χ0) is 20.3. The molecule has 1 saturated heterocycles. The first-order chi connectivity index (χ1) is 13.4. The van der Waals surface area contributed by atoms with Crippen molar-refractivity contribution >= 4 is 41.2 Å². The van der Waals surface area contributed by atoms with Crippen molar-refractivity contribution in [3.05, 3.63) is 64.7 Å². The molecular weight excluding hydrogens is 380 g/mol. The van der Waals surface area contributed by atoms with E-state index in [9.17, 15) is 14.4 Å². The zero-order valence-electron chi connectivity index (χ0n) is 15.4. The summed E-state index contributed by atoms with van der Waals surface area (Å²) in [5.41, 5.74) is 0.827. The van der Waals surface area contributed by atoms with Crippen LogP contribution in [0.2, 0.25) is 5.02 Å². The monoisotopic (exact) mass is 398 g/mol.